The normalized spacial score (nSPS) is 11.5. The van der Waals surface area contributed by atoms with E-state index in [0.717, 1.165) is 89.1 Å². The quantitative estimate of drug-likeness (QED) is 0.173. The van der Waals surface area contributed by atoms with Crippen molar-refractivity contribution in [2.75, 3.05) is 0 Å². The number of aromatic nitrogens is 4. The number of nitrogens with zero attached hydrogens (tertiary/aromatic N) is 4. The van der Waals surface area contributed by atoms with E-state index in [0.29, 0.717) is 0 Å². The number of hydrogen-bond donors (Lipinski definition) is 0. The van der Waals surface area contributed by atoms with Crippen molar-refractivity contribution in [1.29, 1.82) is 0 Å². The Morgan fingerprint density at radius 2 is 0.961 bits per heavy atom. The van der Waals surface area contributed by atoms with E-state index in [1.807, 2.05) is 48.5 Å². The second-order valence-electron chi connectivity index (χ2n) is 12.7. The minimum Gasteiger partial charge on any atom is -0.454 e. The third kappa shape index (κ3) is 5.03. The minimum absolute atomic E-state index is 0.808. The molecule has 238 valence electrons. The van der Waals surface area contributed by atoms with Crippen molar-refractivity contribution < 1.29 is 4.42 Å². The monoisotopic (exact) mass is 652 g/mol. The van der Waals surface area contributed by atoms with Gasteiger partial charge in [-0.25, -0.2) is 9.97 Å². The lowest BCUT2D eigenvalue weighted by molar-refractivity contribution is 0.669. The summed E-state index contributed by atoms with van der Waals surface area (Å²) in [6.45, 7) is 0. The van der Waals surface area contributed by atoms with Gasteiger partial charge < -0.3 is 4.42 Å². The smallest absolute Gasteiger partial charge is 0.162 e. The van der Waals surface area contributed by atoms with Crippen molar-refractivity contribution in [3.63, 3.8) is 0 Å². The third-order valence-corrected chi connectivity index (χ3v) is 9.59. The Kier molecular flexibility index (Phi) is 6.74. The molecule has 5 heterocycles. The molecule has 0 saturated carbocycles. The predicted molar refractivity (Wildman–Crippen MR) is 207 cm³/mol. The molecule has 0 aliphatic heterocycles. The molecule has 10 aromatic rings. The van der Waals surface area contributed by atoms with Crippen LogP contribution < -0.4 is 0 Å². The Hall–Kier alpha value is -6.98. The van der Waals surface area contributed by atoms with Gasteiger partial charge in [-0.05, 0) is 81.6 Å². The average Bonchev–Trinajstić information content (AvgIpc) is 3.61. The van der Waals surface area contributed by atoms with Gasteiger partial charge in [-0.3, -0.25) is 9.97 Å². The lowest BCUT2D eigenvalue weighted by atomic mass is 9.96. The predicted octanol–water partition coefficient (Wildman–Crippen LogP) is 11.8. The summed E-state index contributed by atoms with van der Waals surface area (Å²) < 4.78 is 6.56. The first-order valence-corrected chi connectivity index (χ1v) is 17.0. The van der Waals surface area contributed by atoms with E-state index in [-0.39, 0.29) is 0 Å². The second-order valence-corrected chi connectivity index (χ2v) is 12.7. The number of furan rings is 1. The largest absolute Gasteiger partial charge is 0.454 e. The molecule has 5 nitrogen and oxygen atoms in total. The van der Waals surface area contributed by atoms with Gasteiger partial charge >= 0.3 is 0 Å². The van der Waals surface area contributed by atoms with Crippen LogP contribution in [0.3, 0.4) is 0 Å². The summed E-state index contributed by atoms with van der Waals surface area (Å²) in [6, 6.07) is 54.3. The van der Waals surface area contributed by atoms with Crippen molar-refractivity contribution in [1.82, 2.24) is 19.9 Å². The number of benzene rings is 5. The topological polar surface area (TPSA) is 64.7 Å². The lowest BCUT2D eigenvalue weighted by Gasteiger charge is -2.11. The molecule has 0 fully saturated rings. The van der Waals surface area contributed by atoms with Crippen LogP contribution in [0, 0.1) is 0 Å². The summed E-state index contributed by atoms with van der Waals surface area (Å²) in [7, 11) is 0. The van der Waals surface area contributed by atoms with Crippen LogP contribution in [0.4, 0.5) is 0 Å². The fourth-order valence-corrected chi connectivity index (χ4v) is 7.11. The lowest BCUT2D eigenvalue weighted by Crippen LogP contribution is -1.94. The van der Waals surface area contributed by atoms with Gasteiger partial charge in [-0.2, -0.15) is 0 Å². The first kappa shape index (κ1) is 29.0. The summed E-state index contributed by atoms with van der Waals surface area (Å²) >= 11 is 0. The highest BCUT2D eigenvalue weighted by molar-refractivity contribution is 6.27. The molecule has 5 heteroatoms. The molecular weight excluding hydrogens is 625 g/mol. The van der Waals surface area contributed by atoms with Crippen LogP contribution in [0.2, 0.25) is 0 Å². The van der Waals surface area contributed by atoms with Crippen molar-refractivity contribution in [2.24, 2.45) is 0 Å². The Morgan fingerprint density at radius 3 is 1.61 bits per heavy atom. The van der Waals surface area contributed by atoms with Gasteiger partial charge in [0, 0.05) is 34.1 Å². The van der Waals surface area contributed by atoms with E-state index < -0.39 is 0 Å². The maximum absolute atomic E-state index is 6.56. The maximum atomic E-state index is 6.56. The Bertz CT molecular complexity index is 2820. The Balaban J connectivity index is 1.03. The standard InChI is InChI=1S/C46H28N4O/c1-2-10-35-32(9-1)23-24-39-43(35)44-36-11-3-4-14-42(36)51-46(44)45(50-39)33-21-19-30(20-22-33)29-15-17-31(18-16-29)34-27-40(37-12-5-7-25-47-37)49-41(28-34)38-13-6-8-26-48-38/h1-28H. The molecule has 0 aliphatic carbocycles. The summed E-state index contributed by atoms with van der Waals surface area (Å²) in [5.41, 5.74) is 12.1. The van der Waals surface area contributed by atoms with Gasteiger partial charge in [0.05, 0.1) is 28.3 Å². The first-order valence-electron chi connectivity index (χ1n) is 17.0. The molecular formula is C46H28N4O. The molecule has 0 bridgehead atoms. The highest BCUT2D eigenvalue weighted by atomic mass is 16.3. The molecule has 0 spiro atoms. The van der Waals surface area contributed by atoms with E-state index in [1.54, 1.807) is 12.4 Å². The number of rotatable bonds is 5. The van der Waals surface area contributed by atoms with Gasteiger partial charge in [0.25, 0.3) is 0 Å². The fourth-order valence-electron chi connectivity index (χ4n) is 7.11. The molecule has 0 atom stereocenters. The van der Waals surface area contributed by atoms with Crippen LogP contribution in [0.15, 0.2) is 175 Å². The molecule has 0 N–H and O–H groups in total. The zero-order valence-corrected chi connectivity index (χ0v) is 27.4. The van der Waals surface area contributed by atoms with E-state index in [4.69, 9.17) is 14.4 Å². The highest BCUT2D eigenvalue weighted by Crippen LogP contribution is 2.42. The summed E-state index contributed by atoms with van der Waals surface area (Å²) in [6.07, 6.45) is 3.59. The molecule has 0 radical (unpaired) electrons. The van der Waals surface area contributed by atoms with Gasteiger partial charge in [0.1, 0.15) is 11.3 Å². The van der Waals surface area contributed by atoms with Crippen LogP contribution in [-0.2, 0) is 0 Å². The van der Waals surface area contributed by atoms with Gasteiger partial charge in [0.2, 0.25) is 0 Å². The van der Waals surface area contributed by atoms with E-state index in [9.17, 15) is 0 Å². The molecule has 5 aromatic carbocycles. The minimum atomic E-state index is 0.808. The van der Waals surface area contributed by atoms with Crippen LogP contribution in [-0.4, -0.2) is 19.9 Å². The molecule has 51 heavy (non-hydrogen) atoms. The SMILES string of the molecule is c1ccc(-c2cc(-c3ccc(-c4ccc(-c5nc6ccc7ccccc7c6c6c5oc5ccccc56)cc4)cc3)cc(-c3ccccn3)n2)nc1. The number of fused-ring (bicyclic) bond motifs is 7. The summed E-state index contributed by atoms with van der Waals surface area (Å²) in [5.74, 6) is 0. The van der Waals surface area contributed by atoms with E-state index in [2.05, 4.69) is 119 Å². The van der Waals surface area contributed by atoms with Crippen LogP contribution in [0.1, 0.15) is 0 Å². The van der Waals surface area contributed by atoms with Gasteiger partial charge in [0.15, 0.2) is 5.58 Å². The number of pyridine rings is 4. The third-order valence-electron chi connectivity index (χ3n) is 9.59. The summed E-state index contributed by atoms with van der Waals surface area (Å²) in [5, 5.41) is 5.70. The highest BCUT2D eigenvalue weighted by Gasteiger charge is 2.19. The molecule has 0 aliphatic rings. The molecule has 0 saturated heterocycles. The van der Waals surface area contributed by atoms with Crippen LogP contribution >= 0.6 is 0 Å². The Labute approximate surface area is 293 Å². The Morgan fingerprint density at radius 1 is 0.392 bits per heavy atom. The van der Waals surface area contributed by atoms with Crippen molar-refractivity contribution >= 4 is 43.6 Å². The van der Waals surface area contributed by atoms with E-state index in [1.165, 1.54) is 10.8 Å². The average molecular weight is 653 g/mol. The molecule has 0 amide bonds. The zero-order chi connectivity index (χ0) is 33.7. The van der Waals surface area contributed by atoms with Crippen LogP contribution in [0.5, 0.6) is 0 Å². The fraction of sp³-hybridized carbons (Fsp3) is 0. The summed E-state index contributed by atoms with van der Waals surface area (Å²) in [4.78, 5) is 19.3. The van der Waals surface area contributed by atoms with E-state index >= 15 is 0 Å². The van der Waals surface area contributed by atoms with Crippen molar-refractivity contribution in [2.45, 2.75) is 0 Å². The maximum Gasteiger partial charge on any atom is 0.162 e. The zero-order valence-electron chi connectivity index (χ0n) is 27.4. The second kappa shape index (κ2) is 11.9. The number of hydrogen-bond acceptors (Lipinski definition) is 5. The molecule has 0 unspecified atom stereocenters. The molecule has 5 aromatic heterocycles. The van der Waals surface area contributed by atoms with Gasteiger partial charge in [-0.1, -0.05) is 109 Å². The van der Waals surface area contributed by atoms with Crippen molar-refractivity contribution in [3.8, 4) is 56.3 Å². The van der Waals surface area contributed by atoms with Crippen LogP contribution in [0.25, 0.3) is 99.9 Å². The van der Waals surface area contributed by atoms with Gasteiger partial charge in [-0.15, -0.1) is 0 Å². The molecule has 10 rings (SSSR count). The van der Waals surface area contributed by atoms with Crippen molar-refractivity contribution in [3.05, 3.63) is 170 Å². The number of para-hydroxylation sites is 1. The first-order chi connectivity index (χ1) is 25.3.